The molecule has 2 aromatic rings. The fourth-order valence-electron chi connectivity index (χ4n) is 4.39. The number of carbonyl (C=O) groups excluding carboxylic acids is 3. The zero-order valence-corrected chi connectivity index (χ0v) is 16.8. The van der Waals surface area contributed by atoms with Gasteiger partial charge < -0.3 is 10.6 Å². The Morgan fingerprint density at radius 2 is 1.55 bits per heavy atom. The first kappa shape index (κ1) is 19.5. The predicted molar refractivity (Wildman–Crippen MR) is 112 cm³/mol. The van der Waals surface area contributed by atoms with Crippen LogP contribution >= 0.6 is 0 Å². The second kappa shape index (κ2) is 7.91. The summed E-state index contributed by atoms with van der Waals surface area (Å²) in [5.74, 6) is 0.0760. The van der Waals surface area contributed by atoms with Gasteiger partial charge in [-0.15, -0.1) is 0 Å². The van der Waals surface area contributed by atoms with E-state index in [1.807, 2.05) is 6.92 Å². The van der Waals surface area contributed by atoms with Crippen molar-refractivity contribution in [2.24, 2.45) is 5.92 Å². The number of ketones is 2. The summed E-state index contributed by atoms with van der Waals surface area (Å²) in [5, 5.41) is 6.34. The van der Waals surface area contributed by atoms with E-state index in [1.54, 1.807) is 42.5 Å². The molecule has 1 amide bonds. The molecule has 150 valence electrons. The van der Waals surface area contributed by atoms with Crippen molar-refractivity contribution in [2.75, 3.05) is 5.32 Å². The standard InChI is InChI=1S/C24H26N2O3/c1-14-7-3-6-10-21(14)25-15(2)24(29)26-16-11-12-19-20(13-16)23(28)18-9-5-4-8-17(18)22(19)27/h4-5,8-9,11-15,21,25H,3,6-7,10H2,1-2H3,(H,26,29)/t14-,15-,21+/m0/s1. The lowest BCUT2D eigenvalue weighted by Gasteiger charge is -2.31. The molecular weight excluding hydrogens is 364 g/mol. The Labute approximate surface area is 170 Å². The van der Waals surface area contributed by atoms with E-state index in [0.717, 1.165) is 6.42 Å². The van der Waals surface area contributed by atoms with Gasteiger partial charge in [0.2, 0.25) is 5.91 Å². The number of anilines is 1. The van der Waals surface area contributed by atoms with Gasteiger partial charge in [0.15, 0.2) is 11.6 Å². The number of amides is 1. The van der Waals surface area contributed by atoms with Crippen LogP contribution < -0.4 is 10.6 Å². The lowest BCUT2D eigenvalue weighted by Crippen LogP contribution is -2.47. The molecule has 1 saturated carbocycles. The van der Waals surface area contributed by atoms with Gasteiger partial charge in [0.1, 0.15) is 0 Å². The lowest BCUT2D eigenvalue weighted by atomic mass is 9.84. The molecule has 0 saturated heterocycles. The summed E-state index contributed by atoms with van der Waals surface area (Å²) < 4.78 is 0. The van der Waals surface area contributed by atoms with Crippen LogP contribution in [0.1, 0.15) is 71.4 Å². The van der Waals surface area contributed by atoms with E-state index in [1.165, 1.54) is 19.3 Å². The molecule has 3 atom stereocenters. The summed E-state index contributed by atoms with van der Waals surface area (Å²) >= 11 is 0. The molecular formula is C24H26N2O3. The van der Waals surface area contributed by atoms with Crippen molar-refractivity contribution in [3.8, 4) is 0 Å². The molecule has 2 aliphatic carbocycles. The van der Waals surface area contributed by atoms with Crippen LogP contribution in [0.5, 0.6) is 0 Å². The molecule has 5 nitrogen and oxygen atoms in total. The van der Waals surface area contributed by atoms with Gasteiger partial charge >= 0.3 is 0 Å². The highest BCUT2D eigenvalue weighted by atomic mass is 16.2. The monoisotopic (exact) mass is 390 g/mol. The van der Waals surface area contributed by atoms with E-state index in [9.17, 15) is 14.4 Å². The van der Waals surface area contributed by atoms with Crippen LogP contribution in [-0.4, -0.2) is 29.6 Å². The van der Waals surface area contributed by atoms with Crippen molar-refractivity contribution in [2.45, 2.75) is 51.6 Å². The van der Waals surface area contributed by atoms with Crippen LogP contribution in [0.2, 0.25) is 0 Å². The van der Waals surface area contributed by atoms with Crippen LogP contribution in [0.15, 0.2) is 42.5 Å². The predicted octanol–water partition coefficient (Wildman–Crippen LogP) is 3.96. The Bertz CT molecular complexity index is 982. The van der Waals surface area contributed by atoms with Gasteiger partial charge in [0.05, 0.1) is 6.04 Å². The number of fused-ring (bicyclic) bond motifs is 2. The molecule has 2 N–H and O–H groups in total. The topological polar surface area (TPSA) is 75.3 Å². The van der Waals surface area contributed by atoms with Crippen molar-refractivity contribution in [3.63, 3.8) is 0 Å². The number of rotatable bonds is 4. The number of nitrogens with one attached hydrogen (secondary N) is 2. The van der Waals surface area contributed by atoms with Crippen LogP contribution in [0.4, 0.5) is 5.69 Å². The van der Waals surface area contributed by atoms with E-state index in [2.05, 4.69) is 17.6 Å². The molecule has 29 heavy (non-hydrogen) atoms. The fourth-order valence-corrected chi connectivity index (χ4v) is 4.39. The Hall–Kier alpha value is -2.79. The summed E-state index contributed by atoms with van der Waals surface area (Å²) in [6.07, 6.45) is 4.73. The highest BCUT2D eigenvalue weighted by molar-refractivity contribution is 6.28. The fraction of sp³-hybridized carbons (Fsp3) is 0.375. The van der Waals surface area contributed by atoms with Crippen molar-refractivity contribution in [1.29, 1.82) is 0 Å². The molecule has 0 aromatic heterocycles. The van der Waals surface area contributed by atoms with Crippen LogP contribution in [0.3, 0.4) is 0 Å². The summed E-state index contributed by atoms with van der Waals surface area (Å²) in [6, 6.07) is 11.8. The first-order chi connectivity index (χ1) is 14.0. The van der Waals surface area contributed by atoms with E-state index in [-0.39, 0.29) is 23.5 Å². The largest absolute Gasteiger partial charge is 0.325 e. The van der Waals surface area contributed by atoms with Crippen molar-refractivity contribution >= 4 is 23.2 Å². The lowest BCUT2D eigenvalue weighted by molar-refractivity contribution is -0.118. The van der Waals surface area contributed by atoms with Crippen LogP contribution in [-0.2, 0) is 4.79 Å². The first-order valence-electron chi connectivity index (χ1n) is 10.3. The van der Waals surface area contributed by atoms with Crippen molar-refractivity contribution < 1.29 is 14.4 Å². The van der Waals surface area contributed by atoms with E-state index < -0.39 is 0 Å². The zero-order valence-electron chi connectivity index (χ0n) is 16.8. The van der Waals surface area contributed by atoms with E-state index >= 15 is 0 Å². The highest BCUT2D eigenvalue weighted by Gasteiger charge is 2.30. The second-order valence-electron chi connectivity index (χ2n) is 8.21. The quantitative estimate of drug-likeness (QED) is 0.707. The highest BCUT2D eigenvalue weighted by Crippen LogP contribution is 2.29. The van der Waals surface area contributed by atoms with Crippen LogP contribution in [0.25, 0.3) is 0 Å². The minimum absolute atomic E-state index is 0.141. The Kier molecular flexibility index (Phi) is 5.33. The molecule has 0 unspecified atom stereocenters. The molecule has 0 bridgehead atoms. The van der Waals surface area contributed by atoms with E-state index in [0.29, 0.717) is 39.9 Å². The third-order valence-electron chi connectivity index (χ3n) is 6.16. The summed E-state index contributed by atoms with van der Waals surface area (Å²) in [6.45, 7) is 4.09. The third-order valence-corrected chi connectivity index (χ3v) is 6.16. The minimum Gasteiger partial charge on any atom is -0.325 e. The molecule has 1 fully saturated rings. The molecule has 0 radical (unpaired) electrons. The van der Waals surface area contributed by atoms with Gasteiger partial charge in [0.25, 0.3) is 0 Å². The van der Waals surface area contributed by atoms with Gasteiger partial charge in [-0.25, -0.2) is 0 Å². The SMILES string of the molecule is C[C@H](N[C@@H]1CCCC[C@@H]1C)C(=O)Nc1ccc2c(c1)C(=O)c1ccccc1C2=O. The minimum atomic E-state index is -0.338. The molecule has 0 heterocycles. The molecule has 4 rings (SSSR count). The maximum Gasteiger partial charge on any atom is 0.241 e. The third kappa shape index (κ3) is 3.75. The zero-order chi connectivity index (χ0) is 20.5. The average molecular weight is 390 g/mol. The van der Waals surface area contributed by atoms with Gasteiger partial charge in [0, 0.05) is 34.0 Å². The normalized spacial score (nSPS) is 21.9. The number of carbonyl (C=O) groups is 3. The molecule has 5 heteroatoms. The molecule has 2 aliphatic rings. The van der Waals surface area contributed by atoms with Crippen LogP contribution in [0, 0.1) is 5.92 Å². The van der Waals surface area contributed by atoms with Gasteiger partial charge in [-0.2, -0.15) is 0 Å². The summed E-state index contributed by atoms with van der Waals surface area (Å²) in [4.78, 5) is 38.2. The molecule has 0 aliphatic heterocycles. The maximum absolute atomic E-state index is 12.8. The average Bonchev–Trinajstić information content (AvgIpc) is 2.73. The Morgan fingerprint density at radius 3 is 2.24 bits per heavy atom. The maximum atomic E-state index is 12.8. The van der Waals surface area contributed by atoms with Gasteiger partial charge in [-0.1, -0.05) is 44.0 Å². The summed E-state index contributed by atoms with van der Waals surface area (Å²) in [7, 11) is 0. The Balaban J connectivity index is 1.50. The summed E-state index contributed by atoms with van der Waals surface area (Å²) in [5.41, 5.74) is 2.09. The second-order valence-corrected chi connectivity index (χ2v) is 8.21. The first-order valence-corrected chi connectivity index (χ1v) is 10.3. The van der Waals surface area contributed by atoms with Gasteiger partial charge in [-0.05, 0) is 43.9 Å². The Morgan fingerprint density at radius 1 is 0.931 bits per heavy atom. The van der Waals surface area contributed by atoms with E-state index in [4.69, 9.17) is 0 Å². The smallest absolute Gasteiger partial charge is 0.241 e. The number of hydrogen-bond acceptors (Lipinski definition) is 4. The number of benzene rings is 2. The number of hydrogen-bond donors (Lipinski definition) is 2. The van der Waals surface area contributed by atoms with Crippen molar-refractivity contribution in [3.05, 3.63) is 64.7 Å². The molecule has 0 spiro atoms. The van der Waals surface area contributed by atoms with Gasteiger partial charge in [-0.3, -0.25) is 14.4 Å². The van der Waals surface area contributed by atoms with Crippen molar-refractivity contribution in [1.82, 2.24) is 5.32 Å². The molecule has 2 aromatic carbocycles.